The average Bonchev–Trinajstić information content (AvgIpc) is 3.41. The number of carbonyl (C=O) groups is 1. The number of nitrogens with two attached hydrogens (primary N) is 1. The first-order valence-electron chi connectivity index (χ1n) is 11.4. The molecule has 4 aromatic rings. The van der Waals surface area contributed by atoms with Gasteiger partial charge >= 0.3 is 0 Å². The van der Waals surface area contributed by atoms with E-state index in [1.165, 1.54) is 11.1 Å². The standard InChI is InChI=1S/C27H25N5O2/c28-25(33)23-15-30-32-26(23)29-16-27(32)17-31(18-27)24-14-22(34-21-9-5-2-6-10-21)12-11-20(24)13-19-7-3-1-4-8-19/h1-12,14-15,29H,13,16-18H2,(H2,28,33). The topological polar surface area (TPSA) is 85.4 Å². The van der Waals surface area contributed by atoms with Crippen molar-refractivity contribution in [3.63, 3.8) is 0 Å². The largest absolute Gasteiger partial charge is 0.457 e. The Kier molecular flexibility index (Phi) is 4.76. The normalized spacial score (nSPS) is 15.5. The predicted molar refractivity (Wildman–Crippen MR) is 132 cm³/mol. The predicted octanol–water partition coefficient (Wildman–Crippen LogP) is 4.01. The maximum Gasteiger partial charge on any atom is 0.254 e. The van der Waals surface area contributed by atoms with Gasteiger partial charge in [-0.05, 0) is 35.7 Å². The molecule has 0 unspecified atom stereocenters. The van der Waals surface area contributed by atoms with Gasteiger partial charge in [-0.3, -0.25) is 4.79 Å². The Balaban J connectivity index is 1.30. The number of nitrogens with one attached hydrogen (secondary N) is 1. The third-order valence-electron chi connectivity index (χ3n) is 6.65. The van der Waals surface area contributed by atoms with Gasteiger partial charge in [-0.15, -0.1) is 0 Å². The van der Waals surface area contributed by atoms with E-state index >= 15 is 0 Å². The van der Waals surface area contributed by atoms with Gasteiger partial charge in [0.15, 0.2) is 0 Å². The van der Waals surface area contributed by atoms with Gasteiger partial charge in [-0.2, -0.15) is 5.10 Å². The first-order valence-corrected chi connectivity index (χ1v) is 11.4. The lowest BCUT2D eigenvalue weighted by molar-refractivity contribution is 0.100. The number of nitrogens with zero attached hydrogens (tertiary/aromatic N) is 3. The Morgan fingerprint density at radius 2 is 1.74 bits per heavy atom. The molecule has 2 aliphatic rings. The molecule has 3 aromatic carbocycles. The number of para-hydroxylation sites is 1. The molecule has 3 heterocycles. The average molecular weight is 452 g/mol. The molecule has 0 radical (unpaired) electrons. The van der Waals surface area contributed by atoms with Gasteiger partial charge in [0, 0.05) is 31.4 Å². The molecule has 7 nitrogen and oxygen atoms in total. The SMILES string of the molecule is NC(=O)c1cnn2c1NCC21CN(c2cc(Oc3ccccc3)ccc2Cc2ccccc2)C1. The van der Waals surface area contributed by atoms with E-state index in [9.17, 15) is 4.79 Å². The quantitative estimate of drug-likeness (QED) is 0.463. The van der Waals surface area contributed by atoms with Crippen LogP contribution in [0.2, 0.25) is 0 Å². The van der Waals surface area contributed by atoms with Crippen LogP contribution in [0.4, 0.5) is 11.5 Å². The highest BCUT2D eigenvalue weighted by Gasteiger charge is 2.51. The van der Waals surface area contributed by atoms with E-state index in [0.29, 0.717) is 5.56 Å². The molecule has 0 saturated carbocycles. The fourth-order valence-corrected chi connectivity index (χ4v) is 4.95. The summed E-state index contributed by atoms with van der Waals surface area (Å²) in [6.07, 6.45) is 2.39. The molecule has 6 rings (SSSR count). The molecule has 34 heavy (non-hydrogen) atoms. The first kappa shape index (κ1) is 20.4. The van der Waals surface area contributed by atoms with Crippen LogP contribution in [0.25, 0.3) is 0 Å². The molecule has 0 bridgehead atoms. The van der Waals surface area contributed by atoms with Crippen molar-refractivity contribution in [1.29, 1.82) is 0 Å². The number of hydrogen-bond donors (Lipinski definition) is 2. The number of anilines is 2. The summed E-state index contributed by atoms with van der Waals surface area (Å²) in [5.41, 5.74) is 9.42. The third-order valence-corrected chi connectivity index (χ3v) is 6.65. The number of aromatic nitrogens is 2. The summed E-state index contributed by atoms with van der Waals surface area (Å²) in [4.78, 5) is 14.1. The van der Waals surface area contributed by atoms with Crippen LogP contribution in [0.3, 0.4) is 0 Å². The summed E-state index contributed by atoms with van der Waals surface area (Å²) >= 11 is 0. The molecular formula is C27H25N5O2. The van der Waals surface area contributed by atoms with E-state index in [0.717, 1.165) is 49.1 Å². The van der Waals surface area contributed by atoms with Gasteiger partial charge in [0.1, 0.15) is 28.4 Å². The molecule has 1 aromatic heterocycles. The summed E-state index contributed by atoms with van der Waals surface area (Å²) in [6, 6.07) is 26.6. The lowest BCUT2D eigenvalue weighted by Gasteiger charge is -2.49. The van der Waals surface area contributed by atoms with Gasteiger partial charge in [0.25, 0.3) is 5.91 Å². The van der Waals surface area contributed by atoms with Crippen molar-refractivity contribution in [1.82, 2.24) is 9.78 Å². The van der Waals surface area contributed by atoms with Crippen LogP contribution in [-0.4, -0.2) is 35.3 Å². The fraction of sp³-hybridized carbons (Fsp3) is 0.185. The van der Waals surface area contributed by atoms with Gasteiger partial charge in [-0.1, -0.05) is 54.6 Å². The maximum absolute atomic E-state index is 11.7. The highest BCUT2D eigenvalue weighted by molar-refractivity contribution is 5.97. The van der Waals surface area contributed by atoms with Crippen LogP contribution in [0.15, 0.2) is 85.1 Å². The van der Waals surface area contributed by atoms with E-state index in [2.05, 4.69) is 51.7 Å². The van der Waals surface area contributed by atoms with E-state index in [-0.39, 0.29) is 5.54 Å². The van der Waals surface area contributed by atoms with Crippen LogP contribution in [0, 0.1) is 0 Å². The number of benzene rings is 3. The zero-order valence-corrected chi connectivity index (χ0v) is 18.6. The van der Waals surface area contributed by atoms with Gasteiger partial charge in [-0.25, -0.2) is 4.68 Å². The molecule has 0 aliphatic carbocycles. The lowest BCUT2D eigenvalue weighted by atomic mass is 9.88. The number of carbonyl (C=O) groups excluding carboxylic acids is 1. The smallest absolute Gasteiger partial charge is 0.254 e. The van der Waals surface area contributed by atoms with Crippen LogP contribution in [0.1, 0.15) is 21.5 Å². The molecule has 2 aliphatic heterocycles. The molecule has 1 saturated heterocycles. The monoisotopic (exact) mass is 451 g/mol. The number of ether oxygens (including phenoxy) is 1. The van der Waals surface area contributed by atoms with E-state index in [1.54, 1.807) is 6.20 Å². The molecule has 3 N–H and O–H groups in total. The second kappa shape index (κ2) is 7.95. The van der Waals surface area contributed by atoms with E-state index in [1.807, 2.05) is 47.1 Å². The summed E-state index contributed by atoms with van der Waals surface area (Å²) in [5, 5.41) is 7.83. The van der Waals surface area contributed by atoms with Crippen LogP contribution < -0.4 is 20.7 Å². The zero-order chi connectivity index (χ0) is 23.1. The second-order valence-corrected chi connectivity index (χ2v) is 8.98. The van der Waals surface area contributed by atoms with Crippen molar-refractivity contribution in [3.05, 3.63) is 102 Å². The number of amides is 1. The minimum Gasteiger partial charge on any atom is -0.457 e. The first-order chi connectivity index (χ1) is 16.6. The molecule has 0 atom stereocenters. The number of rotatable bonds is 6. The minimum absolute atomic E-state index is 0.191. The maximum atomic E-state index is 11.7. The number of primary amides is 1. The molecule has 1 amide bonds. The summed E-state index contributed by atoms with van der Waals surface area (Å²) in [5.74, 6) is 1.87. The molecular weight excluding hydrogens is 426 g/mol. The Morgan fingerprint density at radius 3 is 2.47 bits per heavy atom. The fourth-order valence-electron chi connectivity index (χ4n) is 4.95. The highest BCUT2D eigenvalue weighted by Crippen LogP contribution is 2.42. The Labute approximate surface area is 197 Å². The summed E-state index contributed by atoms with van der Waals surface area (Å²) < 4.78 is 8.07. The van der Waals surface area contributed by atoms with Crippen molar-refractivity contribution in [3.8, 4) is 11.5 Å². The van der Waals surface area contributed by atoms with Gasteiger partial charge in [0.05, 0.1) is 6.20 Å². The van der Waals surface area contributed by atoms with Crippen molar-refractivity contribution in [2.75, 3.05) is 29.9 Å². The Bertz CT molecular complexity index is 1340. The van der Waals surface area contributed by atoms with Gasteiger partial charge in [0.2, 0.25) is 0 Å². The van der Waals surface area contributed by atoms with Crippen LogP contribution in [-0.2, 0) is 12.0 Å². The number of hydrogen-bond acceptors (Lipinski definition) is 5. The molecule has 7 heteroatoms. The Hall–Kier alpha value is -4.26. The van der Waals surface area contributed by atoms with Gasteiger partial charge < -0.3 is 20.7 Å². The van der Waals surface area contributed by atoms with Crippen molar-refractivity contribution in [2.24, 2.45) is 5.73 Å². The van der Waals surface area contributed by atoms with Crippen LogP contribution in [0.5, 0.6) is 11.5 Å². The van der Waals surface area contributed by atoms with Crippen molar-refractivity contribution >= 4 is 17.4 Å². The second-order valence-electron chi connectivity index (χ2n) is 8.98. The minimum atomic E-state index is -0.460. The zero-order valence-electron chi connectivity index (χ0n) is 18.6. The molecule has 1 fully saturated rings. The van der Waals surface area contributed by atoms with E-state index < -0.39 is 5.91 Å². The van der Waals surface area contributed by atoms with Crippen molar-refractivity contribution in [2.45, 2.75) is 12.0 Å². The number of fused-ring (bicyclic) bond motifs is 2. The summed E-state index contributed by atoms with van der Waals surface area (Å²) in [6.45, 7) is 2.29. The molecule has 1 spiro atoms. The Morgan fingerprint density at radius 1 is 1.00 bits per heavy atom. The van der Waals surface area contributed by atoms with Crippen LogP contribution >= 0.6 is 0 Å². The highest BCUT2D eigenvalue weighted by atomic mass is 16.5. The summed E-state index contributed by atoms with van der Waals surface area (Å²) in [7, 11) is 0. The lowest BCUT2D eigenvalue weighted by Crippen LogP contribution is -2.64. The van der Waals surface area contributed by atoms with Crippen molar-refractivity contribution < 1.29 is 9.53 Å². The molecule has 170 valence electrons. The van der Waals surface area contributed by atoms with E-state index in [4.69, 9.17) is 10.5 Å². The third kappa shape index (κ3) is 3.46.